The first-order chi connectivity index (χ1) is 9.31. The van der Waals surface area contributed by atoms with Crippen molar-refractivity contribution in [2.75, 3.05) is 6.54 Å². The summed E-state index contributed by atoms with van der Waals surface area (Å²) in [7, 11) is 0. The Bertz CT molecular complexity index is 496. The van der Waals surface area contributed by atoms with Gasteiger partial charge in [0.15, 0.2) is 0 Å². The van der Waals surface area contributed by atoms with Crippen LogP contribution in [0.25, 0.3) is 0 Å². The zero-order valence-electron chi connectivity index (χ0n) is 11.3. The van der Waals surface area contributed by atoms with E-state index < -0.39 is 0 Å². The van der Waals surface area contributed by atoms with Gasteiger partial charge in [0, 0.05) is 10.5 Å². The van der Waals surface area contributed by atoms with Crippen LogP contribution in [0.2, 0.25) is 0 Å². The van der Waals surface area contributed by atoms with Crippen molar-refractivity contribution in [1.82, 2.24) is 5.32 Å². The van der Waals surface area contributed by atoms with Crippen LogP contribution in [-0.4, -0.2) is 6.54 Å². The zero-order chi connectivity index (χ0) is 13.5. The van der Waals surface area contributed by atoms with E-state index in [1.54, 1.807) is 0 Å². The topological polar surface area (TPSA) is 12.0 Å². The minimum absolute atomic E-state index is 0.429. The Morgan fingerprint density at radius 1 is 1.00 bits per heavy atom. The van der Waals surface area contributed by atoms with Gasteiger partial charge in [0.05, 0.1) is 0 Å². The third-order valence-corrected chi connectivity index (χ3v) is 4.09. The van der Waals surface area contributed by atoms with E-state index in [0.717, 1.165) is 19.4 Å². The molecule has 0 saturated heterocycles. The highest BCUT2D eigenvalue weighted by Crippen LogP contribution is 2.23. The monoisotopic (exact) mass is 317 g/mol. The van der Waals surface area contributed by atoms with E-state index in [1.165, 1.54) is 15.6 Å². The first kappa shape index (κ1) is 14.3. The molecule has 0 heterocycles. The van der Waals surface area contributed by atoms with Crippen LogP contribution >= 0.6 is 15.9 Å². The van der Waals surface area contributed by atoms with E-state index in [0.29, 0.717) is 6.04 Å². The molecule has 100 valence electrons. The van der Waals surface area contributed by atoms with Crippen molar-refractivity contribution in [2.45, 2.75) is 25.8 Å². The lowest BCUT2D eigenvalue weighted by Gasteiger charge is -2.18. The highest BCUT2D eigenvalue weighted by molar-refractivity contribution is 9.10. The summed E-state index contributed by atoms with van der Waals surface area (Å²) in [5, 5.41) is 3.57. The number of rotatable bonds is 6. The van der Waals surface area contributed by atoms with Crippen LogP contribution in [0.5, 0.6) is 0 Å². The van der Waals surface area contributed by atoms with Gasteiger partial charge in [0.25, 0.3) is 0 Å². The molecule has 19 heavy (non-hydrogen) atoms. The maximum atomic E-state index is 3.62. The van der Waals surface area contributed by atoms with E-state index in [9.17, 15) is 0 Å². The van der Waals surface area contributed by atoms with Gasteiger partial charge in [-0.1, -0.05) is 71.4 Å². The number of aryl methyl sites for hydroxylation is 1. The number of nitrogens with one attached hydrogen (secondary N) is 1. The molecule has 0 bridgehead atoms. The standard InChI is InChI=1S/C17H20BrN/c1-2-19-17(15-9-4-3-5-10-15)13-12-14-8-6-7-11-16(14)18/h3-11,17,19H,2,12-13H2,1H3. The first-order valence-corrected chi connectivity index (χ1v) is 7.62. The summed E-state index contributed by atoms with van der Waals surface area (Å²) in [6.45, 7) is 3.16. The SMILES string of the molecule is CCNC(CCc1ccccc1Br)c1ccccc1. The lowest BCUT2D eigenvalue weighted by atomic mass is 9.99. The summed E-state index contributed by atoms with van der Waals surface area (Å²) in [6.07, 6.45) is 2.19. The van der Waals surface area contributed by atoms with Gasteiger partial charge in [-0.15, -0.1) is 0 Å². The normalized spacial score (nSPS) is 12.3. The van der Waals surface area contributed by atoms with Crippen LogP contribution in [0.15, 0.2) is 59.1 Å². The van der Waals surface area contributed by atoms with Crippen LogP contribution in [0.3, 0.4) is 0 Å². The molecule has 1 N–H and O–H groups in total. The molecule has 0 spiro atoms. The molecule has 2 aromatic rings. The molecule has 2 heteroatoms. The minimum atomic E-state index is 0.429. The Hall–Kier alpha value is -1.12. The second-order valence-corrected chi connectivity index (χ2v) is 5.51. The number of halogens is 1. The predicted molar refractivity (Wildman–Crippen MR) is 85.3 cm³/mol. The lowest BCUT2D eigenvalue weighted by Crippen LogP contribution is -2.21. The fraction of sp³-hybridized carbons (Fsp3) is 0.294. The molecule has 1 unspecified atom stereocenters. The van der Waals surface area contributed by atoms with E-state index in [4.69, 9.17) is 0 Å². The van der Waals surface area contributed by atoms with Gasteiger partial charge in [0.2, 0.25) is 0 Å². The van der Waals surface area contributed by atoms with Crippen molar-refractivity contribution in [3.63, 3.8) is 0 Å². The van der Waals surface area contributed by atoms with Crippen LogP contribution < -0.4 is 5.32 Å². The van der Waals surface area contributed by atoms with Crippen LogP contribution in [-0.2, 0) is 6.42 Å². The molecule has 0 fully saturated rings. The molecular weight excluding hydrogens is 298 g/mol. The first-order valence-electron chi connectivity index (χ1n) is 6.83. The van der Waals surface area contributed by atoms with Gasteiger partial charge in [0.1, 0.15) is 0 Å². The number of hydrogen-bond donors (Lipinski definition) is 1. The highest BCUT2D eigenvalue weighted by atomic mass is 79.9. The van der Waals surface area contributed by atoms with E-state index in [1.807, 2.05) is 0 Å². The Balaban J connectivity index is 2.04. The van der Waals surface area contributed by atoms with Crippen molar-refractivity contribution in [3.8, 4) is 0 Å². The number of benzene rings is 2. The van der Waals surface area contributed by atoms with Crippen molar-refractivity contribution >= 4 is 15.9 Å². The molecular formula is C17H20BrN. The molecule has 2 aromatic carbocycles. The zero-order valence-corrected chi connectivity index (χ0v) is 12.9. The molecule has 2 rings (SSSR count). The van der Waals surface area contributed by atoms with Crippen molar-refractivity contribution < 1.29 is 0 Å². The molecule has 0 aliphatic carbocycles. The lowest BCUT2D eigenvalue weighted by molar-refractivity contribution is 0.515. The summed E-state index contributed by atoms with van der Waals surface area (Å²) in [6, 6.07) is 19.6. The largest absolute Gasteiger partial charge is 0.310 e. The van der Waals surface area contributed by atoms with Crippen molar-refractivity contribution in [3.05, 3.63) is 70.2 Å². The predicted octanol–water partition coefficient (Wildman–Crippen LogP) is 4.73. The summed E-state index contributed by atoms with van der Waals surface area (Å²) in [5.41, 5.74) is 2.75. The van der Waals surface area contributed by atoms with Gasteiger partial charge in [-0.05, 0) is 36.6 Å². The van der Waals surface area contributed by atoms with E-state index >= 15 is 0 Å². The average molecular weight is 318 g/mol. The maximum absolute atomic E-state index is 3.62. The molecule has 1 atom stereocenters. The van der Waals surface area contributed by atoms with Gasteiger partial charge in [-0.2, -0.15) is 0 Å². The smallest absolute Gasteiger partial charge is 0.0323 e. The second kappa shape index (κ2) is 7.46. The molecule has 1 nitrogen and oxygen atoms in total. The summed E-state index contributed by atoms with van der Waals surface area (Å²) >= 11 is 3.62. The van der Waals surface area contributed by atoms with Gasteiger partial charge in [-0.25, -0.2) is 0 Å². The second-order valence-electron chi connectivity index (χ2n) is 4.65. The maximum Gasteiger partial charge on any atom is 0.0323 e. The summed E-state index contributed by atoms with van der Waals surface area (Å²) in [4.78, 5) is 0. The van der Waals surface area contributed by atoms with Crippen LogP contribution in [0, 0.1) is 0 Å². The molecule has 0 saturated carbocycles. The number of hydrogen-bond acceptors (Lipinski definition) is 1. The molecule has 0 amide bonds. The van der Waals surface area contributed by atoms with E-state index in [2.05, 4.69) is 82.8 Å². The Morgan fingerprint density at radius 3 is 2.37 bits per heavy atom. The third-order valence-electron chi connectivity index (χ3n) is 3.31. The molecule has 0 aliphatic rings. The summed E-state index contributed by atoms with van der Waals surface area (Å²) < 4.78 is 1.21. The summed E-state index contributed by atoms with van der Waals surface area (Å²) in [5.74, 6) is 0. The Morgan fingerprint density at radius 2 is 1.68 bits per heavy atom. The fourth-order valence-corrected chi connectivity index (χ4v) is 2.80. The highest BCUT2D eigenvalue weighted by Gasteiger charge is 2.10. The van der Waals surface area contributed by atoms with Gasteiger partial charge >= 0.3 is 0 Å². The fourth-order valence-electron chi connectivity index (χ4n) is 2.32. The van der Waals surface area contributed by atoms with Crippen molar-refractivity contribution in [2.24, 2.45) is 0 Å². The van der Waals surface area contributed by atoms with E-state index in [-0.39, 0.29) is 0 Å². The van der Waals surface area contributed by atoms with Gasteiger partial charge < -0.3 is 5.32 Å². The molecule has 0 aliphatic heterocycles. The average Bonchev–Trinajstić information content (AvgIpc) is 2.46. The quantitative estimate of drug-likeness (QED) is 0.812. The van der Waals surface area contributed by atoms with Gasteiger partial charge in [-0.3, -0.25) is 0 Å². The van der Waals surface area contributed by atoms with Crippen LogP contribution in [0.1, 0.15) is 30.5 Å². The molecule has 0 aromatic heterocycles. The third kappa shape index (κ3) is 4.19. The molecule has 0 radical (unpaired) electrons. The van der Waals surface area contributed by atoms with Crippen LogP contribution in [0.4, 0.5) is 0 Å². The van der Waals surface area contributed by atoms with Crippen molar-refractivity contribution in [1.29, 1.82) is 0 Å². The Kier molecular flexibility index (Phi) is 5.62. The minimum Gasteiger partial charge on any atom is -0.310 e. The Labute approximate surface area is 124 Å².